The third-order valence-electron chi connectivity index (χ3n) is 7.21. The van der Waals surface area contributed by atoms with Gasteiger partial charge in [0.2, 0.25) is 17.7 Å². The Kier molecular flexibility index (Phi) is 13.2. The fourth-order valence-electron chi connectivity index (χ4n) is 5.02. The quantitative estimate of drug-likeness (QED) is 0.267. The van der Waals surface area contributed by atoms with Gasteiger partial charge in [-0.1, -0.05) is 62.4 Å². The number of primary amides is 1. The first-order chi connectivity index (χ1) is 20.1. The summed E-state index contributed by atoms with van der Waals surface area (Å²) >= 11 is 0. The molecule has 0 aliphatic heterocycles. The number of nitrogens with zero attached hydrogens (tertiary/aromatic N) is 1. The van der Waals surface area contributed by atoms with E-state index in [1.165, 1.54) is 0 Å². The molecule has 2 aromatic carbocycles. The molecule has 9 nitrogen and oxygen atoms in total. The van der Waals surface area contributed by atoms with E-state index in [0.29, 0.717) is 12.3 Å². The van der Waals surface area contributed by atoms with Crippen molar-refractivity contribution in [1.29, 1.82) is 0 Å². The van der Waals surface area contributed by atoms with E-state index >= 15 is 0 Å². The van der Waals surface area contributed by atoms with Crippen LogP contribution in [0.3, 0.4) is 0 Å². The van der Waals surface area contributed by atoms with Crippen LogP contribution in [0.2, 0.25) is 0 Å². The monoisotopic (exact) mass is 594 g/mol. The predicted molar refractivity (Wildman–Crippen MR) is 169 cm³/mol. The van der Waals surface area contributed by atoms with Crippen molar-refractivity contribution in [3.05, 3.63) is 70.8 Å². The smallest absolute Gasteiger partial charge is 0.408 e. The maximum absolute atomic E-state index is 14.6. The van der Waals surface area contributed by atoms with E-state index in [4.69, 9.17) is 10.5 Å². The number of carbonyl (C=O) groups excluding carboxylic acids is 4. The number of benzene rings is 2. The maximum atomic E-state index is 14.6. The minimum atomic E-state index is -1.14. The highest BCUT2D eigenvalue weighted by molar-refractivity contribution is 5.93. The van der Waals surface area contributed by atoms with E-state index in [-0.39, 0.29) is 31.3 Å². The zero-order chi connectivity index (χ0) is 32.3. The maximum Gasteiger partial charge on any atom is 0.408 e. The molecule has 2 aromatic rings. The molecule has 0 saturated carbocycles. The molecule has 0 bridgehead atoms. The molecular formula is C34H50N4O5. The van der Waals surface area contributed by atoms with E-state index in [0.717, 1.165) is 28.7 Å². The van der Waals surface area contributed by atoms with Crippen molar-refractivity contribution in [3.63, 3.8) is 0 Å². The molecule has 4 N–H and O–H groups in total. The van der Waals surface area contributed by atoms with Gasteiger partial charge in [-0.15, -0.1) is 0 Å². The van der Waals surface area contributed by atoms with Crippen molar-refractivity contribution < 1.29 is 23.9 Å². The molecule has 3 atom stereocenters. The van der Waals surface area contributed by atoms with Gasteiger partial charge in [-0.2, -0.15) is 0 Å². The second-order valence-corrected chi connectivity index (χ2v) is 12.7. The lowest BCUT2D eigenvalue weighted by molar-refractivity contribution is -0.145. The topological polar surface area (TPSA) is 131 Å². The van der Waals surface area contributed by atoms with Crippen LogP contribution in [-0.4, -0.2) is 46.4 Å². The van der Waals surface area contributed by atoms with Gasteiger partial charge in [-0.05, 0) is 89.0 Å². The highest BCUT2D eigenvalue weighted by Gasteiger charge is 2.40. The lowest BCUT2D eigenvalue weighted by Crippen LogP contribution is -2.56. The normalized spacial score (nSPS) is 13.5. The molecule has 2 rings (SSSR count). The summed E-state index contributed by atoms with van der Waals surface area (Å²) in [5.41, 5.74) is 8.03. The summed E-state index contributed by atoms with van der Waals surface area (Å²) in [6.07, 6.45) is 0.496. The Balaban J connectivity index is 2.64. The number of hydrogen-bond acceptors (Lipinski definition) is 5. The lowest BCUT2D eigenvalue weighted by atomic mass is 9.91. The van der Waals surface area contributed by atoms with Gasteiger partial charge in [0.1, 0.15) is 17.7 Å². The van der Waals surface area contributed by atoms with Gasteiger partial charge in [-0.3, -0.25) is 14.4 Å². The minimum Gasteiger partial charge on any atom is -0.444 e. The van der Waals surface area contributed by atoms with Crippen LogP contribution in [0.5, 0.6) is 0 Å². The Morgan fingerprint density at radius 2 is 1.49 bits per heavy atom. The fourth-order valence-corrected chi connectivity index (χ4v) is 5.02. The molecule has 9 heteroatoms. The molecule has 0 aromatic heterocycles. The number of carbonyl (C=O) groups is 4. The summed E-state index contributed by atoms with van der Waals surface area (Å²) in [7, 11) is 0. The Morgan fingerprint density at radius 3 is 2.02 bits per heavy atom. The van der Waals surface area contributed by atoms with Crippen LogP contribution in [0.1, 0.15) is 95.5 Å². The number of amides is 4. The summed E-state index contributed by atoms with van der Waals surface area (Å²) in [4.78, 5) is 55.0. The molecule has 43 heavy (non-hydrogen) atoms. The van der Waals surface area contributed by atoms with Crippen LogP contribution in [-0.2, 0) is 25.7 Å². The minimum absolute atomic E-state index is 0.0358. The van der Waals surface area contributed by atoms with Crippen LogP contribution >= 0.6 is 0 Å². The van der Waals surface area contributed by atoms with Crippen LogP contribution < -0.4 is 16.4 Å². The summed E-state index contributed by atoms with van der Waals surface area (Å²) < 4.78 is 5.45. The summed E-state index contributed by atoms with van der Waals surface area (Å²) in [6, 6.07) is 12.8. The Hall–Kier alpha value is -3.88. The van der Waals surface area contributed by atoms with Crippen LogP contribution in [0.15, 0.2) is 48.5 Å². The van der Waals surface area contributed by atoms with Gasteiger partial charge in [0.25, 0.3) is 0 Å². The molecule has 3 unspecified atom stereocenters. The first-order valence-corrected chi connectivity index (χ1v) is 15.1. The third kappa shape index (κ3) is 11.4. The van der Waals surface area contributed by atoms with Crippen molar-refractivity contribution in [2.75, 3.05) is 0 Å². The van der Waals surface area contributed by atoms with E-state index in [9.17, 15) is 19.2 Å². The van der Waals surface area contributed by atoms with Crippen LogP contribution in [0.25, 0.3) is 0 Å². The number of nitrogens with one attached hydrogen (secondary N) is 2. The Bertz CT molecular complexity index is 1220. The zero-order valence-corrected chi connectivity index (χ0v) is 27.0. The number of hydrogen-bond donors (Lipinski definition) is 3. The fraction of sp³-hybridized carbons (Fsp3) is 0.529. The van der Waals surface area contributed by atoms with Gasteiger partial charge >= 0.3 is 6.09 Å². The average molecular weight is 595 g/mol. The van der Waals surface area contributed by atoms with Crippen molar-refractivity contribution >= 4 is 23.8 Å². The summed E-state index contributed by atoms with van der Waals surface area (Å²) in [5, 5.41) is 5.72. The van der Waals surface area contributed by atoms with Gasteiger partial charge in [0.15, 0.2) is 0 Å². The Labute approximate surface area is 256 Å². The molecule has 0 saturated heterocycles. The zero-order valence-electron chi connectivity index (χ0n) is 27.0. The highest BCUT2D eigenvalue weighted by atomic mass is 16.6. The number of ether oxygens (including phenoxy) is 1. The van der Waals surface area contributed by atoms with E-state index in [1.807, 2.05) is 69.3 Å². The van der Waals surface area contributed by atoms with E-state index < -0.39 is 35.6 Å². The van der Waals surface area contributed by atoms with Crippen molar-refractivity contribution in [2.45, 2.75) is 111 Å². The molecule has 0 aliphatic carbocycles. The summed E-state index contributed by atoms with van der Waals surface area (Å²) in [6.45, 7) is 15.4. The Morgan fingerprint density at radius 1 is 0.884 bits per heavy atom. The molecule has 0 heterocycles. The second-order valence-electron chi connectivity index (χ2n) is 12.7. The standard InChI is InChI=1S/C34H50N4O5/c1-22(2)17-18-25(5)38(32(41)27(19-20-28(35)39)37-33(42)43-34(6,7)8)30(29-23(3)13-12-14-24(29)4)31(40)36-21-26-15-10-9-11-16-26/h9-16,22,25,27,30H,17-21H2,1-8H3,(H2,35,39)(H,36,40)(H,37,42). The lowest BCUT2D eigenvalue weighted by Gasteiger charge is -2.39. The van der Waals surface area contributed by atoms with Gasteiger partial charge < -0.3 is 26.0 Å². The average Bonchev–Trinajstić information content (AvgIpc) is 2.91. The second kappa shape index (κ2) is 16.1. The van der Waals surface area contributed by atoms with Crippen molar-refractivity contribution in [2.24, 2.45) is 11.7 Å². The predicted octanol–water partition coefficient (Wildman–Crippen LogP) is 5.47. The number of alkyl carbamates (subject to hydrolysis) is 1. The molecule has 0 fully saturated rings. The largest absolute Gasteiger partial charge is 0.444 e. The summed E-state index contributed by atoms with van der Waals surface area (Å²) in [5.74, 6) is -1.05. The highest BCUT2D eigenvalue weighted by Crippen LogP contribution is 2.32. The number of nitrogens with two attached hydrogens (primary N) is 1. The first-order valence-electron chi connectivity index (χ1n) is 15.1. The first kappa shape index (κ1) is 35.3. The molecule has 0 radical (unpaired) electrons. The number of rotatable bonds is 14. The van der Waals surface area contributed by atoms with Crippen LogP contribution in [0, 0.1) is 19.8 Å². The van der Waals surface area contributed by atoms with Crippen molar-refractivity contribution in [1.82, 2.24) is 15.5 Å². The SMILES string of the molecule is Cc1cccc(C)c1C(C(=O)NCc1ccccc1)N(C(=O)C(CCC(N)=O)NC(=O)OC(C)(C)C)C(C)CCC(C)C. The molecular weight excluding hydrogens is 544 g/mol. The molecule has 0 spiro atoms. The molecule has 0 aliphatic rings. The van der Waals surface area contributed by atoms with E-state index in [1.54, 1.807) is 25.7 Å². The van der Waals surface area contributed by atoms with Gasteiger partial charge in [0, 0.05) is 19.0 Å². The third-order valence-corrected chi connectivity index (χ3v) is 7.21. The van der Waals surface area contributed by atoms with Crippen molar-refractivity contribution in [3.8, 4) is 0 Å². The van der Waals surface area contributed by atoms with Gasteiger partial charge in [0.05, 0.1) is 0 Å². The number of aryl methyl sites for hydroxylation is 2. The molecule has 4 amide bonds. The van der Waals surface area contributed by atoms with E-state index in [2.05, 4.69) is 24.5 Å². The molecule has 236 valence electrons. The van der Waals surface area contributed by atoms with Gasteiger partial charge in [-0.25, -0.2) is 4.79 Å². The van der Waals surface area contributed by atoms with Crippen LogP contribution in [0.4, 0.5) is 4.79 Å².